The van der Waals surface area contributed by atoms with Crippen molar-refractivity contribution in [3.63, 3.8) is 0 Å². The fraction of sp³-hybridized carbons (Fsp3) is 0.538. The van der Waals surface area contributed by atoms with Crippen LogP contribution in [0.4, 0.5) is 0 Å². The quantitative estimate of drug-likeness (QED) is 0.715. The molecule has 0 bridgehead atoms. The zero-order chi connectivity index (χ0) is 13.9. The van der Waals surface area contributed by atoms with Crippen LogP contribution in [-0.2, 0) is 4.74 Å². The highest BCUT2D eigenvalue weighted by Crippen LogP contribution is 2.20. The molecule has 1 amide bonds. The fourth-order valence-electron chi connectivity index (χ4n) is 2.14. The normalized spacial score (nSPS) is 18.0. The van der Waals surface area contributed by atoms with Crippen LogP contribution in [0.5, 0.6) is 0 Å². The van der Waals surface area contributed by atoms with Gasteiger partial charge in [-0.25, -0.2) is 0 Å². The number of carbonyl (C=O) groups excluding carboxylic acids is 1. The monoisotopic (exact) mass is 266 g/mol. The van der Waals surface area contributed by atoms with E-state index in [2.05, 4.69) is 10.3 Å². The van der Waals surface area contributed by atoms with Gasteiger partial charge in [-0.1, -0.05) is 0 Å². The molecule has 0 atom stereocenters. The summed E-state index contributed by atoms with van der Waals surface area (Å²) in [5, 5.41) is 12.3. The molecule has 2 rings (SSSR count). The Balaban J connectivity index is 2.17. The Morgan fingerprint density at radius 1 is 1.53 bits per heavy atom. The molecule has 1 saturated heterocycles. The van der Waals surface area contributed by atoms with Crippen LogP contribution in [0.15, 0.2) is 17.1 Å². The molecule has 0 radical (unpaired) electrons. The van der Waals surface area contributed by atoms with Crippen molar-refractivity contribution < 1.29 is 14.6 Å². The third kappa shape index (κ3) is 3.02. The lowest BCUT2D eigenvalue weighted by molar-refractivity contribution is 0.0125. The van der Waals surface area contributed by atoms with Crippen molar-refractivity contribution in [3.8, 4) is 0 Å². The van der Waals surface area contributed by atoms with Gasteiger partial charge in [0.2, 0.25) is 0 Å². The Morgan fingerprint density at radius 2 is 2.21 bits per heavy atom. The van der Waals surface area contributed by atoms with Crippen molar-refractivity contribution >= 4 is 5.91 Å². The van der Waals surface area contributed by atoms with Crippen molar-refractivity contribution in [2.75, 3.05) is 19.8 Å². The van der Waals surface area contributed by atoms with Crippen LogP contribution in [0.25, 0.3) is 0 Å². The molecule has 0 aromatic carbocycles. The molecule has 3 N–H and O–H groups in total. The number of hydrogen-bond acceptors (Lipinski definition) is 4. The van der Waals surface area contributed by atoms with E-state index in [1.54, 1.807) is 6.92 Å². The zero-order valence-corrected chi connectivity index (χ0v) is 10.9. The molecule has 1 aliphatic rings. The maximum Gasteiger partial charge on any atom is 0.257 e. The van der Waals surface area contributed by atoms with Crippen molar-refractivity contribution in [2.45, 2.75) is 25.3 Å². The molecule has 6 heteroatoms. The largest absolute Gasteiger partial charge is 0.394 e. The summed E-state index contributed by atoms with van der Waals surface area (Å²) < 4.78 is 5.22. The van der Waals surface area contributed by atoms with Gasteiger partial charge in [0, 0.05) is 31.2 Å². The molecule has 104 valence electrons. The van der Waals surface area contributed by atoms with E-state index >= 15 is 0 Å². The lowest BCUT2D eigenvalue weighted by Gasteiger charge is -2.36. The van der Waals surface area contributed by atoms with Crippen molar-refractivity contribution in [3.05, 3.63) is 33.7 Å². The Bertz CT molecular complexity index is 518. The third-order valence-corrected chi connectivity index (χ3v) is 3.43. The van der Waals surface area contributed by atoms with Gasteiger partial charge in [-0.05, 0) is 19.8 Å². The van der Waals surface area contributed by atoms with Crippen molar-refractivity contribution in [1.82, 2.24) is 10.3 Å². The van der Waals surface area contributed by atoms with E-state index < -0.39 is 11.4 Å². The van der Waals surface area contributed by atoms with Crippen LogP contribution in [0.2, 0.25) is 0 Å². The first-order valence-electron chi connectivity index (χ1n) is 6.27. The SMILES string of the molecule is Cc1cc(=O)c(C(=O)NC2(CO)CCOCC2)c[nH]1. The first kappa shape index (κ1) is 13.8. The molecule has 1 aromatic rings. The standard InChI is InChI=1S/C13H18N2O4/c1-9-6-11(17)10(7-14-9)12(18)15-13(8-16)2-4-19-5-3-13/h6-7,16H,2-5,8H2,1H3,(H,14,17)(H,15,18). The predicted molar refractivity (Wildman–Crippen MR) is 69.1 cm³/mol. The number of amides is 1. The minimum atomic E-state index is -0.688. The second-order valence-corrected chi connectivity index (χ2v) is 4.90. The third-order valence-electron chi connectivity index (χ3n) is 3.43. The van der Waals surface area contributed by atoms with Gasteiger partial charge in [-0.3, -0.25) is 9.59 Å². The summed E-state index contributed by atoms with van der Waals surface area (Å²) in [6.45, 7) is 2.57. The highest BCUT2D eigenvalue weighted by molar-refractivity contribution is 5.94. The number of aromatic amines is 1. The maximum atomic E-state index is 12.1. The number of pyridine rings is 1. The van der Waals surface area contributed by atoms with Crippen LogP contribution in [0.3, 0.4) is 0 Å². The van der Waals surface area contributed by atoms with Gasteiger partial charge >= 0.3 is 0 Å². The van der Waals surface area contributed by atoms with Gasteiger partial charge < -0.3 is 20.1 Å². The summed E-state index contributed by atoms with van der Waals surface area (Å²) in [6.07, 6.45) is 2.48. The predicted octanol–water partition coefficient (Wildman–Crippen LogP) is -0.0454. The minimum Gasteiger partial charge on any atom is -0.394 e. The second-order valence-electron chi connectivity index (χ2n) is 4.90. The molecule has 2 heterocycles. The average molecular weight is 266 g/mol. The minimum absolute atomic E-state index is 0.0601. The summed E-state index contributed by atoms with van der Waals surface area (Å²) >= 11 is 0. The Hall–Kier alpha value is -1.66. The molecular weight excluding hydrogens is 248 g/mol. The molecule has 19 heavy (non-hydrogen) atoms. The van der Waals surface area contributed by atoms with E-state index in [0.717, 1.165) is 0 Å². The molecular formula is C13H18N2O4. The van der Waals surface area contributed by atoms with Gasteiger partial charge in [0.05, 0.1) is 12.1 Å². The Labute approximate surface area is 110 Å². The summed E-state index contributed by atoms with van der Waals surface area (Å²) in [5.41, 5.74) is -0.254. The van der Waals surface area contributed by atoms with Crippen LogP contribution in [0.1, 0.15) is 28.9 Å². The van der Waals surface area contributed by atoms with Crippen LogP contribution in [0, 0.1) is 6.92 Å². The smallest absolute Gasteiger partial charge is 0.257 e. The molecule has 0 unspecified atom stereocenters. The maximum absolute atomic E-state index is 12.1. The summed E-state index contributed by atoms with van der Waals surface area (Å²) in [5.74, 6) is -0.461. The van der Waals surface area contributed by atoms with Crippen LogP contribution in [-0.4, -0.2) is 41.4 Å². The molecule has 1 fully saturated rings. The number of ether oxygens (including phenoxy) is 1. The van der Waals surface area contributed by atoms with Gasteiger partial charge in [-0.15, -0.1) is 0 Å². The lowest BCUT2D eigenvalue weighted by Crippen LogP contribution is -2.55. The summed E-state index contributed by atoms with van der Waals surface area (Å²) in [7, 11) is 0. The van der Waals surface area contributed by atoms with E-state index in [4.69, 9.17) is 4.74 Å². The molecule has 1 aliphatic heterocycles. The van der Waals surface area contributed by atoms with Crippen LogP contribution < -0.4 is 10.7 Å². The Kier molecular flexibility index (Phi) is 4.01. The molecule has 6 nitrogen and oxygen atoms in total. The number of nitrogens with one attached hydrogen (secondary N) is 2. The molecule has 0 aliphatic carbocycles. The van der Waals surface area contributed by atoms with E-state index in [9.17, 15) is 14.7 Å². The number of carbonyl (C=O) groups is 1. The highest BCUT2D eigenvalue weighted by atomic mass is 16.5. The van der Waals surface area contributed by atoms with Gasteiger partial charge in [-0.2, -0.15) is 0 Å². The first-order chi connectivity index (χ1) is 9.06. The lowest BCUT2D eigenvalue weighted by atomic mass is 9.90. The summed E-state index contributed by atoms with van der Waals surface area (Å²) in [4.78, 5) is 26.7. The summed E-state index contributed by atoms with van der Waals surface area (Å²) in [6, 6.07) is 1.38. The van der Waals surface area contributed by atoms with E-state index in [1.165, 1.54) is 12.3 Å². The number of hydrogen-bond donors (Lipinski definition) is 3. The molecule has 0 saturated carbocycles. The van der Waals surface area contributed by atoms with E-state index in [-0.39, 0.29) is 17.6 Å². The van der Waals surface area contributed by atoms with Crippen molar-refractivity contribution in [1.29, 1.82) is 0 Å². The second kappa shape index (κ2) is 5.54. The van der Waals surface area contributed by atoms with Crippen molar-refractivity contribution in [2.24, 2.45) is 0 Å². The number of aliphatic hydroxyl groups is 1. The molecule has 1 aromatic heterocycles. The highest BCUT2D eigenvalue weighted by Gasteiger charge is 2.34. The van der Waals surface area contributed by atoms with Gasteiger partial charge in [0.25, 0.3) is 5.91 Å². The number of H-pyrrole nitrogens is 1. The number of rotatable bonds is 3. The number of aliphatic hydroxyl groups excluding tert-OH is 1. The van der Waals surface area contributed by atoms with Gasteiger partial charge in [0.15, 0.2) is 5.43 Å². The number of aryl methyl sites for hydroxylation is 1. The van der Waals surface area contributed by atoms with E-state index in [0.29, 0.717) is 31.7 Å². The van der Waals surface area contributed by atoms with Gasteiger partial charge in [0.1, 0.15) is 5.56 Å². The number of aromatic nitrogens is 1. The fourth-order valence-corrected chi connectivity index (χ4v) is 2.14. The van der Waals surface area contributed by atoms with Crippen LogP contribution >= 0.6 is 0 Å². The van der Waals surface area contributed by atoms with E-state index in [1.807, 2.05) is 0 Å². The topological polar surface area (TPSA) is 91.4 Å². The Morgan fingerprint density at radius 3 is 2.79 bits per heavy atom. The first-order valence-corrected chi connectivity index (χ1v) is 6.27. The average Bonchev–Trinajstić information content (AvgIpc) is 2.39. The molecule has 0 spiro atoms. The zero-order valence-electron chi connectivity index (χ0n) is 10.9.